The summed E-state index contributed by atoms with van der Waals surface area (Å²) >= 11 is 0. The summed E-state index contributed by atoms with van der Waals surface area (Å²) in [4.78, 5) is 27.7. The van der Waals surface area contributed by atoms with E-state index >= 15 is 4.39 Å². The summed E-state index contributed by atoms with van der Waals surface area (Å²) < 4.78 is 44.6. The third-order valence-electron chi connectivity index (χ3n) is 5.67. The number of rotatable bonds is 7. The number of hydrogen-bond donors (Lipinski definition) is 1. The first-order valence-electron chi connectivity index (χ1n) is 10.1. The number of benzene rings is 1. The molecule has 1 aromatic heterocycles. The Morgan fingerprint density at radius 2 is 2.00 bits per heavy atom. The number of anilines is 1. The molecule has 2 aromatic rings. The molecular formula is C21H26F3N3O3. The zero-order valence-electron chi connectivity index (χ0n) is 17.1. The zero-order valence-corrected chi connectivity index (χ0v) is 17.1. The predicted octanol–water partition coefficient (Wildman–Crippen LogP) is 3.26. The van der Waals surface area contributed by atoms with E-state index in [2.05, 4.69) is 11.8 Å². The van der Waals surface area contributed by atoms with E-state index < -0.39 is 40.7 Å². The number of hydrogen-bond acceptors (Lipinski definition) is 4. The van der Waals surface area contributed by atoms with Crippen LogP contribution in [0.25, 0.3) is 10.9 Å². The Bertz CT molecular complexity index is 1010. The number of fused-ring (bicyclic) bond motifs is 1. The van der Waals surface area contributed by atoms with Gasteiger partial charge >= 0.3 is 5.97 Å². The van der Waals surface area contributed by atoms with E-state index in [0.29, 0.717) is 19.6 Å². The van der Waals surface area contributed by atoms with Crippen LogP contribution in [-0.2, 0) is 6.54 Å². The molecule has 1 aliphatic heterocycles. The Kier molecular flexibility index (Phi) is 6.70. The summed E-state index contributed by atoms with van der Waals surface area (Å²) in [6, 6.07) is 0.952. The van der Waals surface area contributed by atoms with E-state index in [4.69, 9.17) is 0 Å². The van der Waals surface area contributed by atoms with E-state index in [0.717, 1.165) is 36.2 Å². The Hall–Kier alpha value is -2.55. The molecule has 1 atom stereocenters. The minimum Gasteiger partial charge on any atom is -0.477 e. The van der Waals surface area contributed by atoms with Gasteiger partial charge in [-0.25, -0.2) is 18.0 Å². The second-order valence-corrected chi connectivity index (χ2v) is 7.66. The number of carboxylic acid groups (broad SMARTS) is 1. The van der Waals surface area contributed by atoms with Gasteiger partial charge in [0.2, 0.25) is 5.43 Å². The first-order chi connectivity index (χ1) is 14.3. The van der Waals surface area contributed by atoms with Gasteiger partial charge in [0.1, 0.15) is 23.7 Å². The fraction of sp³-hybridized carbons (Fsp3) is 0.524. The van der Waals surface area contributed by atoms with Crippen LogP contribution in [0.2, 0.25) is 0 Å². The number of nitrogens with zero attached hydrogens (tertiary/aromatic N) is 3. The lowest BCUT2D eigenvalue weighted by atomic mass is 10.1. The Morgan fingerprint density at radius 3 is 2.60 bits per heavy atom. The molecule has 1 saturated heterocycles. The second kappa shape index (κ2) is 9.07. The van der Waals surface area contributed by atoms with Crippen LogP contribution in [0.1, 0.15) is 37.0 Å². The van der Waals surface area contributed by atoms with Crippen molar-refractivity contribution in [2.75, 3.05) is 37.8 Å². The molecule has 1 fully saturated rings. The standard InChI is InChI=1S/C21H26F3N3O3/c1-3-4-6-25-8-9-27(11-13(25)2)19-16(23)10-14-18(17(19)24)26(7-5-22)12-15(20(14)28)21(29)30/h10,12-13H,3-9,11H2,1-2H3,(H,29,30). The van der Waals surface area contributed by atoms with Crippen LogP contribution in [-0.4, -0.2) is 59.4 Å². The van der Waals surface area contributed by atoms with Gasteiger partial charge in [0.15, 0.2) is 5.82 Å². The normalized spacial score (nSPS) is 17.6. The highest BCUT2D eigenvalue weighted by Crippen LogP contribution is 2.31. The van der Waals surface area contributed by atoms with Crippen molar-refractivity contribution >= 4 is 22.6 Å². The van der Waals surface area contributed by atoms with Crippen LogP contribution in [0.5, 0.6) is 0 Å². The largest absolute Gasteiger partial charge is 0.477 e. The SMILES string of the molecule is CCCCN1CCN(c2c(F)cc3c(=O)c(C(=O)O)cn(CCF)c3c2F)CC1C. The summed E-state index contributed by atoms with van der Waals surface area (Å²) in [7, 11) is 0. The van der Waals surface area contributed by atoms with Crippen LogP contribution in [0.3, 0.4) is 0 Å². The quantitative estimate of drug-likeness (QED) is 0.738. The summed E-state index contributed by atoms with van der Waals surface area (Å²) in [5.74, 6) is -3.43. The minimum absolute atomic E-state index is 0.0854. The van der Waals surface area contributed by atoms with Crippen molar-refractivity contribution in [2.45, 2.75) is 39.3 Å². The predicted molar refractivity (Wildman–Crippen MR) is 109 cm³/mol. The smallest absolute Gasteiger partial charge is 0.341 e. The van der Waals surface area contributed by atoms with E-state index in [-0.39, 0.29) is 23.8 Å². The average molecular weight is 425 g/mol. The lowest BCUT2D eigenvalue weighted by Crippen LogP contribution is -2.52. The van der Waals surface area contributed by atoms with Crippen molar-refractivity contribution in [3.05, 3.63) is 39.7 Å². The van der Waals surface area contributed by atoms with Gasteiger partial charge in [0, 0.05) is 31.9 Å². The summed E-state index contributed by atoms with van der Waals surface area (Å²) in [5, 5.41) is 8.82. The lowest BCUT2D eigenvalue weighted by Gasteiger charge is -2.41. The van der Waals surface area contributed by atoms with Gasteiger partial charge in [0.25, 0.3) is 0 Å². The van der Waals surface area contributed by atoms with Gasteiger partial charge in [0.05, 0.1) is 17.4 Å². The second-order valence-electron chi connectivity index (χ2n) is 7.66. The molecule has 30 heavy (non-hydrogen) atoms. The highest BCUT2D eigenvalue weighted by molar-refractivity contribution is 5.93. The first kappa shape index (κ1) is 22.1. The van der Waals surface area contributed by atoms with Crippen LogP contribution in [0, 0.1) is 11.6 Å². The molecule has 9 heteroatoms. The minimum atomic E-state index is -1.53. The molecule has 1 aliphatic rings. The Labute approximate surface area is 172 Å². The zero-order chi connectivity index (χ0) is 22.0. The van der Waals surface area contributed by atoms with Gasteiger partial charge in [-0.15, -0.1) is 0 Å². The molecule has 0 bridgehead atoms. The van der Waals surface area contributed by atoms with Crippen molar-refractivity contribution in [2.24, 2.45) is 0 Å². The maximum Gasteiger partial charge on any atom is 0.341 e. The van der Waals surface area contributed by atoms with Gasteiger partial charge in [-0.2, -0.15) is 0 Å². The molecule has 2 heterocycles. The third kappa shape index (κ3) is 4.03. The number of carboxylic acids is 1. The van der Waals surface area contributed by atoms with Gasteiger partial charge in [-0.05, 0) is 26.0 Å². The van der Waals surface area contributed by atoms with Crippen LogP contribution < -0.4 is 10.3 Å². The molecule has 0 radical (unpaired) electrons. The molecule has 1 N–H and O–H groups in total. The number of piperazine rings is 1. The highest BCUT2D eigenvalue weighted by atomic mass is 19.1. The van der Waals surface area contributed by atoms with Crippen molar-refractivity contribution in [1.29, 1.82) is 0 Å². The monoisotopic (exact) mass is 425 g/mol. The fourth-order valence-corrected chi connectivity index (χ4v) is 4.08. The summed E-state index contributed by atoms with van der Waals surface area (Å²) in [5.41, 5.74) is -2.19. The number of pyridine rings is 1. The highest BCUT2D eigenvalue weighted by Gasteiger charge is 2.29. The van der Waals surface area contributed by atoms with Crippen LogP contribution in [0.4, 0.5) is 18.9 Å². The molecule has 3 rings (SSSR count). The average Bonchev–Trinajstić information content (AvgIpc) is 2.69. The van der Waals surface area contributed by atoms with E-state index in [9.17, 15) is 23.5 Å². The molecule has 1 unspecified atom stereocenters. The number of aromatic carboxylic acids is 1. The fourth-order valence-electron chi connectivity index (χ4n) is 4.08. The lowest BCUT2D eigenvalue weighted by molar-refractivity contribution is 0.0694. The molecule has 0 amide bonds. The van der Waals surface area contributed by atoms with Crippen molar-refractivity contribution in [3.63, 3.8) is 0 Å². The first-order valence-corrected chi connectivity index (χ1v) is 10.1. The van der Waals surface area contributed by atoms with Crippen LogP contribution >= 0.6 is 0 Å². The summed E-state index contributed by atoms with van der Waals surface area (Å²) in [6.07, 6.45) is 3.03. The molecule has 0 aliphatic carbocycles. The van der Waals surface area contributed by atoms with Crippen molar-refractivity contribution in [1.82, 2.24) is 9.47 Å². The third-order valence-corrected chi connectivity index (χ3v) is 5.67. The maximum atomic E-state index is 15.5. The summed E-state index contributed by atoms with van der Waals surface area (Å²) in [6.45, 7) is 5.24. The van der Waals surface area contributed by atoms with Gasteiger partial charge in [-0.1, -0.05) is 13.3 Å². The van der Waals surface area contributed by atoms with E-state index in [1.807, 2.05) is 6.92 Å². The number of halogens is 3. The topological polar surface area (TPSA) is 65.8 Å². The van der Waals surface area contributed by atoms with Gasteiger partial charge < -0.3 is 14.6 Å². The Morgan fingerprint density at radius 1 is 1.27 bits per heavy atom. The number of unbranched alkanes of at least 4 members (excludes halogenated alkanes) is 1. The Balaban J connectivity index is 2.09. The number of aromatic nitrogens is 1. The molecular weight excluding hydrogens is 399 g/mol. The molecule has 0 saturated carbocycles. The molecule has 6 nitrogen and oxygen atoms in total. The van der Waals surface area contributed by atoms with E-state index in [1.54, 1.807) is 4.90 Å². The number of alkyl halides is 1. The van der Waals surface area contributed by atoms with Crippen molar-refractivity contribution < 1.29 is 23.1 Å². The van der Waals surface area contributed by atoms with Gasteiger partial charge in [-0.3, -0.25) is 9.69 Å². The molecule has 1 aromatic carbocycles. The molecule has 0 spiro atoms. The molecule has 164 valence electrons. The maximum absolute atomic E-state index is 15.5. The number of carbonyl (C=O) groups is 1. The van der Waals surface area contributed by atoms with Crippen LogP contribution in [0.15, 0.2) is 17.1 Å². The van der Waals surface area contributed by atoms with Crippen molar-refractivity contribution in [3.8, 4) is 0 Å². The number of aryl methyl sites for hydroxylation is 1. The van der Waals surface area contributed by atoms with E-state index in [1.165, 1.54) is 0 Å².